The third kappa shape index (κ3) is 6.32. The Hall–Kier alpha value is -1.02. The van der Waals surface area contributed by atoms with Crippen molar-refractivity contribution in [2.45, 2.75) is 46.1 Å². The first-order chi connectivity index (χ1) is 7.99. The Bertz CT molecular complexity index is 304. The maximum absolute atomic E-state index is 9.39. The molecule has 96 valence electrons. The molecule has 0 fully saturated rings. The van der Waals surface area contributed by atoms with Crippen LogP contribution < -0.4 is 4.74 Å². The van der Waals surface area contributed by atoms with Crippen molar-refractivity contribution in [2.24, 2.45) is 5.41 Å². The fourth-order valence-electron chi connectivity index (χ4n) is 2.16. The van der Waals surface area contributed by atoms with Crippen LogP contribution in [0.25, 0.3) is 0 Å². The zero-order chi connectivity index (χ0) is 12.7. The van der Waals surface area contributed by atoms with Gasteiger partial charge in [0.25, 0.3) is 0 Å². The third-order valence-corrected chi connectivity index (χ3v) is 2.86. The van der Waals surface area contributed by atoms with E-state index in [2.05, 4.69) is 13.8 Å². The van der Waals surface area contributed by atoms with Crippen molar-refractivity contribution in [1.29, 1.82) is 0 Å². The predicted octanol–water partition coefficient (Wildman–Crippen LogP) is 3.64. The number of hydrogen-bond acceptors (Lipinski definition) is 2. The zero-order valence-electron chi connectivity index (χ0n) is 11.1. The molecule has 0 heterocycles. The number of rotatable bonds is 7. The molecule has 0 aromatic heterocycles. The summed E-state index contributed by atoms with van der Waals surface area (Å²) in [6.07, 6.45) is 2.72. The second-order valence-corrected chi connectivity index (χ2v) is 5.48. The lowest BCUT2D eigenvalue weighted by Crippen LogP contribution is -2.19. The van der Waals surface area contributed by atoms with Crippen molar-refractivity contribution in [3.8, 4) is 5.75 Å². The van der Waals surface area contributed by atoms with Crippen LogP contribution >= 0.6 is 0 Å². The highest BCUT2D eigenvalue weighted by atomic mass is 16.5. The van der Waals surface area contributed by atoms with Gasteiger partial charge in [-0.15, -0.1) is 0 Å². The summed E-state index contributed by atoms with van der Waals surface area (Å²) in [4.78, 5) is 0. The Morgan fingerprint density at radius 1 is 1.24 bits per heavy atom. The summed E-state index contributed by atoms with van der Waals surface area (Å²) in [5.41, 5.74) is 0.189. The largest absolute Gasteiger partial charge is 0.494 e. The standard InChI is InChI=1S/C15H24O2/c1-13(16)12-15(2,3)10-7-11-17-14-8-5-4-6-9-14/h4-6,8-9,13,16H,7,10-12H2,1-3H3. The SMILES string of the molecule is CC(O)CC(C)(C)CCCOc1ccccc1. The number of aliphatic hydroxyl groups excluding tert-OH is 1. The van der Waals surface area contributed by atoms with Gasteiger partial charge in [0.15, 0.2) is 0 Å². The van der Waals surface area contributed by atoms with E-state index >= 15 is 0 Å². The van der Waals surface area contributed by atoms with Gasteiger partial charge >= 0.3 is 0 Å². The maximum Gasteiger partial charge on any atom is 0.119 e. The first-order valence-corrected chi connectivity index (χ1v) is 6.35. The molecule has 17 heavy (non-hydrogen) atoms. The van der Waals surface area contributed by atoms with Gasteiger partial charge in [-0.2, -0.15) is 0 Å². The molecule has 1 unspecified atom stereocenters. The summed E-state index contributed by atoms with van der Waals surface area (Å²) in [5, 5.41) is 9.39. The van der Waals surface area contributed by atoms with Crippen molar-refractivity contribution in [1.82, 2.24) is 0 Å². The lowest BCUT2D eigenvalue weighted by Gasteiger charge is -2.26. The Labute approximate surface area is 105 Å². The summed E-state index contributed by atoms with van der Waals surface area (Å²) in [7, 11) is 0. The summed E-state index contributed by atoms with van der Waals surface area (Å²) in [6, 6.07) is 9.89. The van der Waals surface area contributed by atoms with Crippen molar-refractivity contribution >= 4 is 0 Å². The predicted molar refractivity (Wildman–Crippen MR) is 71.2 cm³/mol. The summed E-state index contributed by atoms with van der Waals surface area (Å²) in [5.74, 6) is 0.931. The van der Waals surface area contributed by atoms with E-state index in [4.69, 9.17) is 4.74 Å². The van der Waals surface area contributed by atoms with Crippen LogP contribution in [-0.4, -0.2) is 17.8 Å². The van der Waals surface area contributed by atoms with E-state index in [1.807, 2.05) is 37.3 Å². The van der Waals surface area contributed by atoms with Gasteiger partial charge < -0.3 is 9.84 Å². The van der Waals surface area contributed by atoms with E-state index in [0.29, 0.717) is 0 Å². The lowest BCUT2D eigenvalue weighted by molar-refractivity contribution is 0.119. The molecular formula is C15H24O2. The molecule has 1 atom stereocenters. The van der Waals surface area contributed by atoms with Crippen LogP contribution in [0.15, 0.2) is 30.3 Å². The van der Waals surface area contributed by atoms with E-state index in [-0.39, 0.29) is 11.5 Å². The lowest BCUT2D eigenvalue weighted by atomic mass is 9.83. The normalized spacial score (nSPS) is 13.4. The van der Waals surface area contributed by atoms with Crippen LogP contribution in [0.3, 0.4) is 0 Å². The number of hydrogen-bond donors (Lipinski definition) is 1. The minimum Gasteiger partial charge on any atom is -0.494 e. The fraction of sp³-hybridized carbons (Fsp3) is 0.600. The van der Waals surface area contributed by atoms with Crippen molar-refractivity contribution < 1.29 is 9.84 Å². The van der Waals surface area contributed by atoms with Crippen LogP contribution in [0.5, 0.6) is 5.75 Å². The van der Waals surface area contributed by atoms with Crippen LogP contribution in [0.1, 0.15) is 40.0 Å². The van der Waals surface area contributed by atoms with E-state index in [1.165, 1.54) is 0 Å². The molecule has 0 aliphatic carbocycles. The maximum atomic E-state index is 9.39. The summed E-state index contributed by atoms with van der Waals surface area (Å²) in [6.45, 7) is 6.99. The minimum atomic E-state index is -0.222. The number of aliphatic hydroxyl groups is 1. The van der Waals surface area contributed by atoms with Gasteiger partial charge in [-0.05, 0) is 43.7 Å². The minimum absolute atomic E-state index is 0.189. The average molecular weight is 236 g/mol. The van der Waals surface area contributed by atoms with Gasteiger partial charge in [0.05, 0.1) is 12.7 Å². The highest BCUT2D eigenvalue weighted by Crippen LogP contribution is 2.28. The molecule has 0 saturated heterocycles. The van der Waals surface area contributed by atoms with Gasteiger partial charge in [0.1, 0.15) is 5.75 Å². The van der Waals surface area contributed by atoms with Crippen LogP contribution in [-0.2, 0) is 0 Å². The second kappa shape index (κ2) is 6.65. The van der Waals surface area contributed by atoms with Crippen molar-refractivity contribution in [2.75, 3.05) is 6.61 Å². The molecule has 0 bridgehead atoms. The summed E-state index contributed by atoms with van der Waals surface area (Å²) < 4.78 is 5.64. The van der Waals surface area contributed by atoms with E-state index in [9.17, 15) is 5.11 Å². The highest BCUT2D eigenvalue weighted by Gasteiger charge is 2.19. The van der Waals surface area contributed by atoms with E-state index in [1.54, 1.807) is 0 Å². The third-order valence-electron chi connectivity index (χ3n) is 2.86. The van der Waals surface area contributed by atoms with Gasteiger partial charge in [0, 0.05) is 0 Å². The monoisotopic (exact) mass is 236 g/mol. The molecule has 2 nitrogen and oxygen atoms in total. The molecule has 1 N–H and O–H groups in total. The fourth-order valence-corrected chi connectivity index (χ4v) is 2.16. The first-order valence-electron chi connectivity index (χ1n) is 6.35. The van der Waals surface area contributed by atoms with E-state index < -0.39 is 0 Å². The molecule has 1 aromatic rings. The van der Waals surface area contributed by atoms with Crippen molar-refractivity contribution in [3.05, 3.63) is 30.3 Å². The molecule has 1 aromatic carbocycles. The zero-order valence-corrected chi connectivity index (χ0v) is 11.1. The second-order valence-electron chi connectivity index (χ2n) is 5.48. The van der Waals surface area contributed by atoms with E-state index in [0.717, 1.165) is 31.6 Å². The van der Waals surface area contributed by atoms with Gasteiger partial charge in [-0.25, -0.2) is 0 Å². The molecule has 0 aliphatic heterocycles. The Kier molecular flexibility index (Phi) is 5.49. The topological polar surface area (TPSA) is 29.5 Å². The van der Waals surface area contributed by atoms with Crippen LogP contribution in [0.2, 0.25) is 0 Å². The van der Waals surface area contributed by atoms with Gasteiger partial charge in [0.2, 0.25) is 0 Å². The summed E-state index contributed by atoms with van der Waals surface area (Å²) >= 11 is 0. The number of ether oxygens (including phenoxy) is 1. The molecule has 0 aliphatic rings. The Morgan fingerprint density at radius 3 is 2.47 bits per heavy atom. The number of para-hydroxylation sites is 1. The smallest absolute Gasteiger partial charge is 0.119 e. The van der Waals surface area contributed by atoms with Gasteiger partial charge in [-0.3, -0.25) is 0 Å². The molecule has 0 saturated carbocycles. The molecule has 0 radical (unpaired) electrons. The average Bonchev–Trinajstić information content (AvgIpc) is 2.24. The molecule has 2 heteroatoms. The van der Waals surface area contributed by atoms with Crippen LogP contribution in [0, 0.1) is 5.41 Å². The molecule has 0 amide bonds. The molecule has 1 rings (SSSR count). The Morgan fingerprint density at radius 2 is 1.88 bits per heavy atom. The molecular weight excluding hydrogens is 212 g/mol. The quantitative estimate of drug-likeness (QED) is 0.732. The number of benzene rings is 1. The molecule has 0 spiro atoms. The van der Waals surface area contributed by atoms with Gasteiger partial charge in [-0.1, -0.05) is 32.0 Å². The Balaban J connectivity index is 2.20. The van der Waals surface area contributed by atoms with Crippen molar-refractivity contribution in [3.63, 3.8) is 0 Å². The van der Waals surface area contributed by atoms with Crippen LogP contribution in [0.4, 0.5) is 0 Å². The highest BCUT2D eigenvalue weighted by molar-refractivity contribution is 5.20. The first kappa shape index (κ1) is 14.0.